The third-order valence-electron chi connectivity index (χ3n) is 4.31. The summed E-state index contributed by atoms with van der Waals surface area (Å²) in [5, 5.41) is 20.1. The van der Waals surface area contributed by atoms with Gasteiger partial charge in [0.05, 0.1) is 13.2 Å². The highest BCUT2D eigenvalue weighted by Crippen LogP contribution is 2.31. The number of β-amino-alcohol motifs (C(OH)–C–C–N with tert-alkyl or cyclic N) is 1. The molecule has 0 spiro atoms. The fraction of sp³-hybridized carbons (Fsp3) is 0.667. The van der Waals surface area contributed by atoms with Gasteiger partial charge in [0.15, 0.2) is 11.5 Å². The van der Waals surface area contributed by atoms with Gasteiger partial charge in [0.1, 0.15) is 12.7 Å². The van der Waals surface area contributed by atoms with Gasteiger partial charge in [-0.25, -0.2) is 0 Å². The van der Waals surface area contributed by atoms with E-state index in [0.717, 1.165) is 18.7 Å². The second-order valence-electron chi connectivity index (χ2n) is 6.16. The molecule has 1 aromatic rings. The summed E-state index contributed by atoms with van der Waals surface area (Å²) in [7, 11) is 1.58. The van der Waals surface area contributed by atoms with Crippen molar-refractivity contribution < 1.29 is 19.7 Å². The van der Waals surface area contributed by atoms with Crippen molar-refractivity contribution in [3.05, 3.63) is 23.8 Å². The first-order chi connectivity index (χ1) is 11.1. The van der Waals surface area contributed by atoms with Crippen molar-refractivity contribution in [2.45, 2.75) is 44.8 Å². The molecule has 1 aromatic carbocycles. The molecule has 2 N–H and O–H groups in total. The van der Waals surface area contributed by atoms with Gasteiger partial charge in [-0.15, -0.1) is 0 Å². The number of nitrogens with zero attached hydrogens (tertiary/aromatic N) is 1. The van der Waals surface area contributed by atoms with Gasteiger partial charge >= 0.3 is 0 Å². The van der Waals surface area contributed by atoms with Crippen molar-refractivity contribution >= 4 is 0 Å². The van der Waals surface area contributed by atoms with Crippen LogP contribution < -0.4 is 9.47 Å². The lowest BCUT2D eigenvalue weighted by Gasteiger charge is -2.28. The number of benzene rings is 1. The van der Waals surface area contributed by atoms with Gasteiger partial charge in [-0.2, -0.15) is 0 Å². The largest absolute Gasteiger partial charge is 0.493 e. The summed E-state index contributed by atoms with van der Waals surface area (Å²) in [6.45, 7) is 4.93. The Morgan fingerprint density at radius 2 is 1.87 bits per heavy atom. The Hall–Kier alpha value is -1.30. The van der Waals surface area contributed by atoms with Crippen LogP contribution in [-0.2, 0) is 0 Å². The molecule has 23 heavy (non-hydrogen) atoms. The average molecular weight is 323 g/mol. The minimum atomic E-state index is -0.515. The van der Waals surface area contributed by atoms with E-state index >= 15 is 0 Å². The van der Waals surface area contributed by atoms with E-state index in [4.69, 9.17) is 9.47 Å². The summed E-state index contributed by atoms with van der Waals surface area (Å²) in [4.78, 5) is 2.29. The van der Waals surface area contributed by atoms with E-state index in [9.17, 15) is 10.2 Å². The minimum Gasteiger partial charge on any atom is -0.493 e. The Balaban J connectivity index is 1.88. The smallest absolute Gasteiger partial charge is 0.161 e. The number of rotatable bonds is 8. The Bertz CT molecular complexity index is 474. The van der Waals surface area contributed by atoms with Crippen LogP contribution in [-0.4, -0.2) is 54.6 Å². The molecule has 5 heteroatoms. The summed E-state index contributed by atoms with van der Waals surface area (Å²) in [6, 6.07) is 5.42. The number of hydrogen-bond donors (Lipinski definition) is 2. The quantitative estimate of drug-likeness (QED) is 0.769. The normalized spacial score (nSPS) is 18.4. The number of ether oxygens (including phenoxy) is 2. The fourth-order valence-corrected chi connectivity index (χ4v) is 2.93. The first kappa shape index (κ1) is 18.0. The number of piperidine rings is 1. The molecule has 0 unspecified atom stereocenters. The predicted octanol–water partition coefficient (Wildman–Crippen LogP) is 2.36. The third-order valence-corrected chi connectivity index (χ3v) is 4.31. The molecule has 1 fully saturated rings. The second kappa shape index (κ2) is 9.11. The van der Waals surface area contributed by atoms with Gasteiger partial charge in [0.25, 0.3) is 0 Å². The van der Waals surface area contributed by atoms with Gasteiger partial charge in [0, 0.05) is 6.54 Å². The third kappa shape index (κ3) is 5.37. The Labute approximate surface area is 138 Å². The molecule has 0 saturated carbocycles. The Morgan fingerprint density at radius 1 is 1.13 bits per heavy atom. The van der Waals surface area contributed by atoms with Crippen LogP contribution in [0.1, 0.15) is 44.3 Å². The maximum atomic E-state index is 10.2. The van der Waals surface area contributed by atoms with Crippen LogP contribution in [0.3, 0.4) is 0 Å². The van der Waals surface area contributed by atoms with E-state index in [2.05, 4.69) is 4.90 Å². The van der Waals surface area contributed by atoms with Crippen molar-refractivity contribution in [2.24, 2.45) is 0 Å². The van der Waals surface area contributed by atoms with Crippen LogP contribution >= 0.6 is 0 Å². The lowest BCUT2D eigenvalue weighted by molar-refractivity contribution is 0.0608. The highest BCUT2D eigenvalue weighted by Gasteiger charge is 2.16. The standard InChI is InChI=1S/C18H29NO4/c1-3-16(21)14-7-8-17(18(11-14)22-2)23-13-15(20)12-19-9-5-4-6-10-19/h7-8,11,15-16,20-21H,3-6,9-10,12-13H2,1-2H3/t15-,16-/m0/s1. The molecule has 0 amide bonds. The van der Waals surface area contributed by atoms with Gasteiger partial charge in [0.2, 0.25) is 0 Å². The topological polar surface area (TPSA) is 62.2 Å². The number of hydrogen-bond acceptors (Lipinski definition) is 5. The molecule has 2 atom stereocenters. The summed E-state index contributed by atoms with van der Waals surface area (Å²) >= 11 is 0. The van der Waals surface area contributed by atoms with E-state index < -0.39 is 12.2 Å². The molecule has 1 aliphatic heterocycles. The molecule has 0 aliphatic carbocycles. The van der Waals surface area contributed by atoms with Crippen LogP contribution in [0, 0.1) is 0 Å². The lowest BCUT2D eigenvalue weighted by Crippen LogP contribution is -2.38. The molecule has 0 radical (unpaired) electrons. The summed E-state index contributed by atoms with van der Waals surface area (Å²) in [6.07, 6.45) is 3.35. The van der Waals surface area contributed by atoms with Gasteiger partial charge in [-0.1, -0.05) is 19.4 Å². The van der Waals surface area contributed by atoms with Crippen LogP contribution in [0.4, 0.5) is 0 Å². The average Bonchev–Trinajstić information content (AvgIpc) is 2.60. The summed E-state index contributed by atoms with van der Waals surface area (Å²) < 4.78 is 11.1. The zero-order valence-corrected chi connectivity index (χ0v) is 14.2. The SMILES string of the molecule is CC[C@H](O)c1ccc(OC[C@@H](O)CN2CCCCC2)c(OC)c1. The monoisotopic (exact) mass is 323 g/mol. The zero-order valence-electron chi connectivity index (χ0n) is 14.2. The van der Waals surface area contributed by atoms with E-state index in [0.29, 0.717) is 24.5 Å². The Morgan fingerprint density at radius 3 is 2.52 bits per heavy atom. The van der Waals surface area contributed by atoms with E-state index in [-0.39, 0.29) is 6.61 Å². The molecule has 1 heterocycles. The molecule has 0 bridgehead atoms. The lowest BCUT2D eigenvalue weighted by atomic mass is 10.1. The fourth-order valence-electron chi connectivity index (χ4n) is 2.93. The van der Waals surface area contributed by atoms with Crippen molar-refractivity contribution in [1.82, 2.24) is 4.90 Å². The molecular weight excluding hydrogens is 294 g/mol. The minimum absolute atomic E-state index is 0.239. The highest BCUT2D eigenvalue weighted by molar-refractivity contribution is 5.43. The van der Waals surface area contributed by atoms with Gasteiger partial charge < -0.3 is 24.6 Å². The van der Waals surface area contributed by atoms with E-state index in [1.165, 1.54) is 19.3 Å². The van der Waals surface area contributed by atoms with Crippen LogP contribution in [0.15, 0.2) is 18.2 Å². The van der Waals surface area contributed by atoms with E-state index in [1.807, 2.05) is 13.0 Å². The number of aliphatic hydroxyl groups excluding tert-OH is 2. The molecule has 0 aromatic heterocycles. The molecule has 1 saturated heterocycles. The van der Waals surface area contributed by atoms with Crippen molar-refractivity contribution in [1.29, 1.82) is 0 Å². The second-order valence-corrected chi connectivity index (χ2v) is 6.16. The summed E-state index contributed by atoms with van der Waals surface area (Å²) in [5.74, 6) is 1.18. The van der Waals surface area contributed by atoms with Crippen molar-refractivity contribution in [3.8, 4) is 11.5 Å². The maximum absolute atomic E-state index is 10.2. The molecule has 1 aliphatic rings. The van der Waals surface area contributed by atoms with Crippen LogP contribution in [0.25, 0.3) is 0 Å². The summed E-state index contributed by atoms with van der Waals surface area (Å²) in [5.41, 5.74) is 0.811. The van der Waals surface area contributed by atoms with Crippen molar-refractivity contribution in [3.63, 3.8) is 0 Å². The van der Waals surface area contributed by atoms with Gasteiger partial charge in [-0.05, 0) is 50.0 Å². The van der Waals surface area contributed by atoms with Crippen LogP contribution in [0.2, 0.25) is 0 Å². The number of aliphatic hydroxyl groups is 2. The van der Waals surface area contributed by atoms with E-state index in [1.54, 1.807) is 19.2 Å². The molecule has 130 valence electrons. The Kier molecular flexibility index (Phi) is 7.15. The number of methoxy groups -OCH3 is 1. The number of likely N-dealkylation sites (tertiary alicyclic amines) is 1. The molecule has 5 nitrogen and oxygen atoms in total. The first-order valence-electron chi connectivity index (χ1n) is 8.53. The van der Waals surface area contributed by atoms with Gasteiger partial charge in [-0.3, -0.25) is 0 Å². The maximum Gasteiger partial charge on any atom is 0.161 e. The first-order valence-corrected chi connectivity index (χ1v) is 8.53. The van der Waals surface area contributed by atoms with Crippen molar-refractivity contribution in [2.75, 3.05) is 33.4 Å². The van der Waals surface area contributed by atoms with Crippen LogP contribution in [0.5, 0.6) is 11.5 Å². The predicted molar refractivity (Wildman–Crippen MR) is 90.0 cm³/mol. The molecular formula is C18H29NO4. The highest BCUT2D eigenvalue weighted by atomic mass is 16.5. The molecule has 2 rings (SSSR count). The zero-order chi connectivity index (χ0) is 16.7.